The highest BCUT2D eigenvalue weighted by molar-refractivity contribution is 5.89. The first-order valence-electron chi connectivity index (χ1n) is 7.87. The van der Waals surface area contributed by atoms with Gasteiger partial charge < -0.3 is 10.5 Å². The molecule has 5 heteroatoms. The molecule has 0 saturated carbocycles. The third kappa shape index (κ3) is 2.87. The molecule has 0 saturated heterocycles. The fourth-order valence-electron chi connectivity index (χ4n) is 2.74. The van der Waals surface area contributed by atoms with Crippen LogP contribution in [0, 0.1) is 0 Å². The van der Waals surface area contributed by atoms with Crippen LogP contribution in [0.3, 0.4) is 0 Å². The molecular formula is C20H16N4O. The van der Waals surface area contributed by atoms with Crippen LogP contribution in [-0.4, -0.2) is 22.1 Å². The van der Waals surface area contributed by atoms with Gasteiger partial charge >= 0.3 is 0 Å². The van der Waals surface area contributed by atoms with Crippen molar-refractivity contribution in [1.82, 2.24) is 15.0 Å². The zero-order valence-electron chi connectivity index (χ0n) is 13.7. The van der Waals surface area contributed by atoms with Gasteiger partial charge in [0.25, 0.3) is 0 Å². The van der Waals surface area contributed by atoms with Crippen molar-refractivity contribution < 1.29 is 4.74 Å². The van der Waals surface area contributed by atoms with Gasteiger partial charge in [0.2, 0.25) is 5.88 Å². The Bertz CT molecular complexity index is 1030. The number of hydrogen-bond acceptors (Lipinski definition) is 5. The van der Waals surface area contributed by atoms with Crippen LogP contribution >= 0.6 is 0 Å². The van der Waals surface area contributed by atoms with Crippen molar-refractivity contribution in [3.8, 4) is 28.4 Å². The molecule has 2 N–H and O–H groups in total. The number of hydrogen-bond donors (Lipinski definition) is 1. The van der Waals surface area contributed by atoms with Crippen LogP contribution in [-0.2, 0) is 0 Å². The molecule has 2 aromatic heterocycles. The number of nitrogens with zero attached hydrogens (tertiary/aromatic N) is 3. The number of rotatable bonds is 3. The van der Waals surface area contributed by atoms with Gasteiger partial charge in [-0.2, -0.15) is 4.98 Å². The smallest absolute Gasteiger partial charge is 0.224 e. The van der Waals surface area contributed by atoms with Crippen LogP contribution in [0.25, 0.3) is 33.4 Å². The number of ether oxygens (including phenoxy) is 1. The summed E-state index contributed by atoms with van der Waals surface area (Å²) in [5.74, 6) is 1.14. The molecule has 4 aromatic rings. The Morgan fingerprint density at radius 2 is 1.68 bits per heavy atom. The Morgan fingerprint density at radius 1 is 0.880 bits per heavy atom. The van der Waals surface area contributed by atoms with Crippen LogP contribution in [0.4, 0.5) is 5.69 Å². The number of aromatic nitrogens is 3. The molecule has 0 fully saturated rings. The zero-order valence-corrected chi connectivity index (χ0v) is 13.7. The minimum atomic E-state index is 0.543. The molecule has 5 nitrogen and oxygen atoms in total. The molecular weight excluding hydrogens is 312 g/mol. The number of pyridine rings is 1. The van der Waals surface area contributed by atoms with Crippen LogP contribution in [0.15, 0.2) is 67.0 Å². The summed E-state index contributed by atoms with van der Waals surface area (Å²) in [5, 5.41) is 0.865. The Hall–Kier alpha value is -3.47. The van der Waals surface area contributed by atoms with Gasteiger partial charge in [0.1, 0.15) is 0 Å². The summed E-state index contributed by atoms with van der Waals surface area (Å²) in [4.78, 5) is 13.3. The molecule has 0 amide bonds. The van der Waals surface area contributed by atoms with Crippen molar-refractivity contribution >= 4 is 16.6 Å². The molecule has 0 unspecified atom stereocenters. The maximum Gasteiger partial charge on any atom is 0.224 e. The number of benzene rings is 2. The average Bonchev–Trinajstić information content (AvgIpc) is 2.68. The lowest BCUT2D eigenvalue weighted by Crippen LogP contribution is -1.96. The SMILES string of the molecule is COc1nc(-c2cccnc2)nc2ccc(-c3ccc(N)cc3)cc12. The minimum Gasteiger partial charge on any atom is -0.480 e. The molecule has 0 aliphatic rings. The largest absolute Gasteiger partial charge is 0.480 e. The van der Waals surface area contributed by atoms with Crippen molar-refractivity contribution in [1.29, 1.82) is 0 Å². The predicted molar refractivity (Wildman–Crippen MR) is 99.2 cm³/mol. The second-order valence-corrected chi connectivity index (χ2v) is 5.65. The van der Waals surface area contributed by atoms with Crippen molar-refractivity contribution in [2.45, 2.75) is 0 Å². The summed E-state index contributed by atoms with van der Waals surface area (Å²) in [5.41, 5.74) is 10.3. The van der Waals surface area contributed by atoms with E-state index in [-0.39, 0.29) is 0 Å². The third-order valence-corrected chi connectivity index (χ3v) is 4.02. The molecule has 0 aliphatic heterocycles. The second kappa shape index (κ2) is 6.20. The first-order valence-corrected chi connectivity index (χ1v) is 7.87. The van der Waals surface area contributed by atoms with E-state index >= 15 is 0 Å². The number of anilines is 1. The Balaban J connectivity index is 1.86. The molecule has 0 aliphatic carbocycles. The van der Waals surface area contributed by atoms with E-state index < -0.39 is 0 Å². The first kappa shape index (κ1) is 15.1. The van der Waals surface area contributed by atoms with Gasteiger partial charge in [-0.05, 0) is 47.5 Å². The number of fused-ring (bicyclic) bond motifs is 1. The molecule has 4 rings (SSSR count). The highest BCUT2D eigenvalue weighted by Gasteiger charge is 2.11. The topological polar surface area (TPSA) is 73.9 Å². The number of nitrogen functional groups attached to an aromatic ring is 1. The lowest BCUT2D eigenvalue weighted by molar-refractivity contribution is 0.403. The third-order valence-electron chi connectivity index (χ3n) is 4.02. The Kier molecular flexibility index (Phi) is 3.74. The van der Waals surface area contributed by atoms with Crippen molar-refractivity contribution in [2.24, 2.45) is 0 Å². The summed E-state index contributed by atoms with van der Waals surface area (Å²) in [6.07, 6.45) is 3.46. The van der Waals surface area contributed by atoms with Crippen LogP contribution < -0.4 is 10.5 Å². The van der Waals surface area contributed by atoms with Gasteiger partial charge in [-0.15, -0.1) is 0 Å². The van der Waals surface area contributed by atoms with E-state index in [0.717, 1.165) is 33.3 Å². The summed E-state index contributed by atoms with van der Waals surface area (Å²) in [6, 6.07) is 17.6. The predicted octanol–water partition coefficient (Wildman–Crippen LogP) is 3.95. The summed E-state index contributed by atoms with van der Waals surface area (Å²) in [7, 11) is 1.62. The molecule has 25 heavy (non-hydrogen) atoms. The molecule has 2 aromatic carbocycles. The van der Waals surface area contributed by atoms with Crippen LogP contribution in [0.1, 0.15) is 0 Å². The van der Waals surface area contributed by atoms with Gasteiger partial charge in [0.05, 0.1) is 18.0 Å². The molecule has 0 atom stereocenters. The number of methoxy groups -OCH3 is 1. The van der Waals surface area contributed by atoms with E-state index in [4.69, 9.17) is 10.5 Å². The minimum absolute atomic E-state index is 0.543. The summed E-state index contributed by atoms with van der Waals surface area (Å²) < 4.78 is 5.51. The van der Waals surface area contributed by atoms with Gasteiger partial charge in [-0.25, -0.2) is 4.98 Å². The van der Waals surface area contributed by atoms with E-state index in [9.17, 15) is 0 Å². The van der Waals surface area contributed by atoms with Gasteiger partial charge in [0.15, 0.2) is 5.82 Å². The molecule has 0 radical (unpaired) electrons. The second-order valence-electron chi connectivity index (χ2n) is 5.65. The van der Waals surface area contributed by atoms with E-state index in [0.29, 0.717) is 11.7 Å². The average molecular weight is 328 g/mol. The van der Waals surface area contributed by atoms with E-state index in [1.165, 1.54) is 0 Å². The zero-order chi connectivity index (χ0) is 17.2. The van der Waals surface area contributed by atoms with E-state index in [1.807, 2.05) is 54.6 Å². The van der Waals surface area contributed by atoms with E-state index in [2.05, 4.69) is 15.0 Å². The summed E-state index contributed by atoms with van der Waals surface area (Å²) in [6.45, 7) is 0. The molecule has 2 heterocycles. The van der Waals surface area contributed by atoms with Crippen molar-refractivity contribution in [2.75, 3.05) is 12.8 Å². The molecule has 122 valence electrons. The van der Waals surface area contributed by atoms with Gasteiger partial charge in [-0.1, -0.05) is 18.2 Å². The van der Waals surface area contributed by atoms with Gasteiger partial charge in [0, 0.05) is 23.6 Å². The van der Waals surface area contributed by atoms with Crippen molar-refractivity contribution in [3.63, 3.8) is 0 Å². The lowest BCUT2D eigenvalue weighted by atomic mass is 10.0. The van der Waals surface area contributed by atoms with Crippen LogP contribution in [0.2, 0.25) is 0 Å². The number of nitrogens with two attached hydrogens (primary N) is 1. The molecule has 0 bridgehead atoms. The van der Waals surface area contributed by atoms with Crippen molar-refractivity contribution in [3.05, 3.63) is 67.0 Å². The maximum absolute atomic E-state index is 5.77. The lowest BCUT2D eigenvalue weighted by Gasteiger charge is -2.09. The van der Waals surface area contributed by atoms with E-state index in [1.54, 1.807) is 19.5 Å². The fraction of sp³-hybridized carbons (Fsp3) is 0.0500. The molecule has 0 spiro atoms. The monoisotopic (exact) mass is 328 g/mol. The summed E-state index contributed by atoms with van der Waals surface area (Å²) >= 11 is 0. The first-order chi connectivity index (χ1) is 12.2. The maximum atomic E-state index is 5.77. The highest BCUT2D eigenvalue weighted by Crippen LogP contribution is 2.30. The normalized spacial score (nSPS) is 10.8. The fourth-order valence-corrected chi connectivity index (χ4v) is 2.74. The Morgan fingerprint density at radius 3 is 2.40 bits per heavy atom. The standard InChI is InChI=1S/C20H16N4O/c1-25-20-17-11-14(13-4-7-16(21)8-5-13)6-9-18(17)23-19(24-20)15-3-2-10-22-12-15/h2-12H,21H2,1H3. The van der Waals surface area contributed by atoms with Crippen LogP contribution in [0.5, 0.6) is 5.88 Å². The highest BCUT2D eigenvalue weighted by atomic mass is 16.5. The van der Waals surface area contributed by atoms with Gasteiger partial charge in [-0.3, -0.25) is 4.98 Å². The quantitative estimate of drug-likeness (QED) is 0.576. The Labute approximate surface area is 145 Å².